The Morgan fingerprint density at radius 2 is 2.14 bits per heavy atom. The van der Waals surface area contributed by atoms with E-state index >= 15 is 0 Å². The van der Waals surface area contributed by atoms with E-state index < -0.39 is 0 Å². The Bertz CT molecular complexity index is 544. The van der Waals surface area contributed by atoms with Crippen molar-refractivity contribution in [2.45, 2.75) is 46.1 Å². The number of ether oxygens (including phenoxy) is 1. The van der Waals surface area contributed by atoms with Gasteiger partial charge in [0.15, 0.2) is 0 Å². The largest absolute Gasteiger partial charge is 0.458 e. The first kappa shape index (κ1) is 15.6. The third kappa shape index (κ3) is 3.85. The van der Waals surface area contributed by atoms with Crippen LogP contribution < -0.4 is 0 Å². The Balaban J connectivity index is 2.10. The summed E-state index contributed by atoms with van der Waals surface area (Å²) in [4.78, 5) is 12.3. The van der Waals surface area contributed by atoms with Gasteiger partial charge >= 0.3 is 5.97 Å². The molecule has 1 aromatic rings. The van der Waals surface area contributed by atoms with Crippen LogP contribution in [-0.4, -0.2) is 12.1 Å². The molecule has 0 unspecified atom stereocenters. The second-order valence-corrected chi connectivity index (χ2v) is 6.46. The molecule has 1 aromatic carbocycles. The summed E-state index contributed by atoms with van der Waals surface area (Å²) in [6.07, 6.45) is 3.26. The van der Waals surface area contributed by atoms with Crippen LogP contribution in [0.5, 0.6) is 0 Å². The van der Waals surface area contributed by atoms with Gasteiger partial charge in [-0.05, 0) is 48.8 Å². The molecule has 0 aromatic heterocycles. The molecule has 0 aliphatic heterocycles. The summed E-state index contributed by atoms with van der Waals surface area (Å²) >= 11 is 0. The van der Waals surface area contributed by atoms with Crippen molar-refractivity contribution in [2.24, 2.45) is 17.8 Å². The molecule has 2 rings (SSSR count). The number of benzene rings is 1. The number of hydrogen-bond donors (Lipinski definition) is 0. The topological polar surface area (TPSA) is 50.1 Å². The van der Waals surface area contributed by atoms with Gasteiger partial charge < -0.3 is 4.74 Å². The van der Waals surface area contributed by atoms with E-state index in [1.54, 1.807) is 24.3 Å². The number of esters is 1. The van der Waals surface area contributed by atoms with Crippen molar-refractivity contribution in [3.8, 4) is 6.07 Å². The van der Waals surface area contributed by atoms with Gasteiger partial charge in [0.1, 0.15) is 6.10 Å². The van der Waals surface area contributed by atoms with Gasteiger partial charge in [0.05, 0.1) is 17.2 Å². The molecule has 0 spiro atoms. The van der Waals surface area contributed by atoms with Crippen molar-refractivity contribution in [1.29, 1.82) is 5.26 Å². The molecule has 1 saturated carbocycles. The average Bonchev–Trinajstić information content (AvgIpc) is 2.47. The predicted octanol–water partition coefficient (Wildman–Crippen LogP) is 4.18. The fourth-order valence-corrected chi connectivity index (χ4v) is 3.17. The van der Waals surface area contributed by atoms with E-state index in [0.29, 0.717) is 28.9 Å². The van der Waals surface area contributed by atoms with E-state index in [2.05, 4.69) is 26.8 Å². The van der Waals surface area contributed by atoms with Crippen molar-refractivity contribution in [2.75, 3.05) is 0 Å². The van der Waals surface area contributed by atoms with Crippen molar-refractivity contribution in [1.82, 2.24) is 0 Å². The molecule has 0 heterocycles. The molecule has 1 aliphatic rings. The molecule has 1 fully saturated rings. The Morgan fingerprint density at radius 1 is 1.38 bits per heavy atom. The molecule has 0 bridgehead atoms. The lowest BCUT2D eigenvalue weighted by Crippen LogP contribution is -2.35. The van der Waals surface area contributed by atoms with Gasteiger partial charge in [0, 0.05) is 0 Å². The van der Waals surface area contributed by atoms with Gasteiger partial charge in [-0.15, -0.1) is 0 Å². The molecule has 1 aliphatic carbocycles. The standard InChI is InChI=1S/C18H23NO2/c1-12(2)16-8-7-13(3)9-17(16)21-18(20)15-6-4-5-14(10-15)11-19/h4-6,10,12-13,16-17H,7-9H2,1-3H3/t13-,16+,17+/m1/s1. The van der Waals surface area contributed by atoms with Crippen LogP contribution in [0.3, 0.4) is 0 Å². The number of carbonyl (C=O) groups excluding carboxylic acids is 1. The summed E-state index contributed by atoms with van der Waals surface area (Å²) in [5.41, 5.74) is 0.955. The highest BCUT2D eigenvalue weighted by Crippen LogP contribution is 2.35. The third-order valence-electron chi connectivity index (χ3n) is 4.45. The lowest BCUT2D eigenvalue weighted by molar-refractivity contribution is -0.0174. The molecule has 0 saturated heterocycles. The predicted molar refractivity (Wildman–Crippen MR) is 81.7 cm³/mol. The highest BCUT2D eigenvalue weighted by molar-refractivity contribution is 5.89. The first-order valence-corrected chi connectivity index (χ1v) is 7.72. The van der Waals surface area contributed by atoms with E-state index in [9.17, 15) is 4.79 Å². The minimum absolute atomic E-state index is 0.00741. The Morgan fingerprint density at radius 3 is 2.81 bits per heavy atom. The highest BCUT2D eigenvalue weighted by atomic mass is 16.5. The summed E-state index contributed by atoms with van der Waals surface area (Å²) in [6.45, 7) is 6.60. The maximum absolute atomic E-state index is 12.3. The van der Waals surface area contributed by atoms with E-state index in [4.69, 9.17) is 10.00 Å². The molecule has 0 amide bonds. The summed E-state index contributed by atoms with van der Waals surface area (Å²) in [5.74, 6) is 1.24. The summed E-state index contributed by atoms with van der Waals surface area (Å²) in [7, 11) is 0. The zero-order chi connectivity index (χ0) is 15.4. The molecule has 21 heavy (non-hydrogen) atoms. The Labute approximate surface area is 126 Å². The van der Waals surface area contributed by atoms with Crippen molar-refractivity contribution in [3.05, 3.63) is 35.4 Å². The SMILES string of the molecule is CC(C)[C@@H]1CC[C@@H](C)C[C@@H]1OC(=O)c1cccc(C#N)c1. The van der Waals surface area contributed by atoms with E-state index in [1.165, 1.54) is 6.42 Å². The second kappa shape index (κ2) is 6.76. The number of hydrogen-bond acceptors (Lipinski definition) is 3. The quantitative estimate of drug-likeness (QED) is 0.783. The van der Waals surface area contributed by atoms with Crippen LogP contribution in [0, 0.1) is 29.1 Å². The molecular formula is C18H23NO2. The van der Waals surface area contributed by atoms with Gasteiger partial charge in [0.25, 0.3) is 0 Å². The number of nitrogens with zero attached hydrogens (tertiary/aromatic N) is 1. The average molecular weight is 285 g/mol. The van der Waals surface area contributed by atoms with Crippen LogP contribution in [0.25, 0.3) is 0 Å². The van der Waals surface area contributed by atoms with Gasteiger partial charge in [-0.1, -0.05) is 33.3 Å². The van der Waals surface area contributed by atoms with Crippen LogP contribution in [0.4, 0.5) is 0 Å². The van der Waals surface area contributed by atoms with Crippen LogP contribution >= 0.6 is 0 Å². The van der Waals surface area contributed by atoms with Crippen molar-refractivity contribution in [3.63, 3.8) is 0 Å². The summed E-state index contributed by atoms with van der Waals surface area (Å²) in [5, 5.41) is 8.91. The van der Waals surface area contributed by atoms with E-state index in [0.717, 1.165) is 12.8 Å². The van der Waals surface area contributed by atoms with Crippen molar-refractivity contribution >= 4 is 5.97 Å². The molecule has 3 heteroatoms. The molecule has 0 N–H and O–H groups in total. The van der Waals surface area contributed by atoms with Gasteiger partial charge in [-0.2, -0.15) is 5.26 Å². The maximum atomic E-state index is 12.3. The van der Waals surface area contributed by atoms with Crippen LogP contribution in [-0.2, 0) is 4.74 Å². The zero-order valence-electron chi connectivity index (χ0n) is 13.0. The van der Waals surface area contributed by atoms with E-state index in [-0.39, 0.29) is 12.1 Å². The summed E-state index contributed by atoms with van der Waals surface area (Å²) < 4.78 is 5.77. The Hall–Kier alpha value is -1.82. The third-order valence-corrected chi connectivity index (χ3v) is 4.45. The van der Waals surface area contributed by atoms with Crippen LogP contribution in [0.15, 0.2) is 24.3 Å². The van der Waals surface area contributed by atoms with Gasteiger partial charge in [-0.25, -0.2) is 4.79 Å². The molecule has 3 atom stereocenters. The molecule has 3 nitrogen and oxygen atoms in total. The van der Waals surface area contributed by atoms with Gasteiger partial charge in [-0.3, -0.25) is 0 Å². The molecular weight excluding hydrogens is 262 g/mol. The second-order valence-electron chi connectivity index (χ2n) is 6.46. The molecule has 112 valence electrons. The molecule has 0 radical (unpaired) electrons. The lowest BCUT2D eigenvalue weighted by Gasteiger charge is -2.36. The number of carbonyl (C=O) groups is 1. The zero-order valence-corrected chi connectivity index (χ0v) is 13.0. The van der Waals surface area contributed by atoms with E-state index in [1.807, 2.05) is 0 Å². The first-order valence-electron chi connectivity index (χ1n) is 7.72. The number of rotatable bonds is 3. The summed E-state index contributed by atoms with van der Waals surface area (Å²) in [6, 6.07) is 8.77. The number of nitriles is 1. The lowest BCUT2D eigenvalue weighted by atomic mass is 9.75. The van der Waals surface area contributed by atoms with Crippen LogP contribution in [0.2, 0.25) is 0 Å². The fraction of sp³-hybridized carbons (Fsp3) is 0.556. The maximum Gasteiger partial charge on any atom is 0.338 e. The van der Waals surface area contributed by atoms with Crippen molar-refractivity contribution < 1.29 is 9.53 Å². The fourth-order valence-electron chi connectivity index (χ4n) is 3.17. The van der Waals surface area contributed by atoms with Crippen LogP contribution in [0.1, 0.15) is 56.0 Å². The smallest absolute Gasteiger partial charge is 0.338 e. The first-order chi connectivity index (χ1) is 10.0. The minimum Gasteiger partial charge on any atom is -0.458 e. The highest BCUT2D eigenvalue weighted by Gasteiger charge is 2.33. The Kier molecular flexibility index (Phi) is 5.01. The minimum atomic E-state index is -0.308. The normalized spacial score (nSPS) is 25.4. The monoisotopic (exact) mass is 285 g/mol. The van der Waals surface area contributed by atoms with Gasteiger partial charge in [0.2, 0.25) is 0 Å².